The van der Waals surface area contributed by atoms with Crippen molar-refractivity contribution in [1.82, 2.24) is 19.3 Å². The zero-order chi connectivity index (χ0) is 32.0. The van der Waals surface area contributed by atoms with Gasteiger partial charge < -0.3 is 11.5 Å². The molecule has 2 aliphatic rings. The Balaban J connectivity index is 0.000000150. The van der Waals surface area contributed by atoms with E-state index in [1.807, 2.05) is 85.5 Å². The van der Waals surface area contributed by atoms with Crippen LogP contribution in [-0.2, 0) is 12.8 Å². The van der Waals surface area contributed by atoms with E-state index in [0.29, 0.717) is 23.7 Å². The molecule has 2 aromatic heterocycles. The van der Waals surface area contributed by atoms with Gasteiger partial charge in [-0.2, -0.15) is 10.2 Å². The molecule has 0 spiro atoms. The van der Waals surface area contributed by atoms with Crippen molar-refractivity contribution in [2.45, 2.75) is 43.9 Å². The summed E-state index contributed by atoms with van der Waals surface area (Å²) >= 11 is 0. The first kappa shape index (κ1) is 29.9. The van der Waals surface area contributed by atoms with Gasteiger partial charge in [0.2, 0.25) is 11.9 Å². The highest BCUT2D eigenvalue weighted by Crippen LogP contribution is 2.32. The van der Waals surface area contributed by atoms with Gasteiger partial charge in [-0.05, 0) is 54.4 Å². The number of fused-ring (bicyclic) bond motifs is 2. The second-order valence-corrected chi connectivity index (χ2v) is 12.0. The largest absolute Gasteiger partial charge is 0.368 e. The van der Waals surface area contributed by atoms with Crippen LogP contribution in [0.25, 0.3) is 22.5 Å². The molecule has 8 rings (SSSR count). The number of nitrogens with two attached hydrogens (primary N) is 2. The van der Waals surface area contributed by atoms with Gasteiger partial charge in [0.15, 0.2) is 0 Å². The second kappa shape index (κ2) is 13.7. The molecule has 0 saturated carbocycles. The topological polar surface area (TPSA) is 112 Å². The SMILES string of the molecule is Nc1nc(-c2ccccc2)cn1/N=C/C1CCCc2ccccc21.Nc1nc(-c2ccccc2)cn1/N=C/C1CCc2ccccc21. The molecule has 2 heterocycles. The number of imidazole rings is 2. The maximum Gasteiger partial charge on any atom is 0.221 e. The first-order valence-electron chi connectivity index (χ1n) is 16.2. The molecule has 6 aromatic rings. The highest BCUT2D eigenvalue weighted by molar-refractivity contribution is 5.71. The monoisotopic (exact) mass is 618 g/mol. The molecule has 0 fully saturated rings. The number of aryl methyl sites for hydroxylation is 2. The summed E-state index contributed by atoms with van der Waals surface area (Å²) in [4.78, 5) is 8.81. The number of hydrogen-bond acceptors (Lipinski definition) is 6. The van der Waals surface area contributed by atoms with Crippen LogP contribution in [0.4, 0.5) is 11.9 Å². The number of aromatic nitrogens is 4. The Kier molecular flexibility index (Phi) is 8.73. The number of hydrogen-bond donors (Lipinski definition) is 2. The number of anilines is 2. The Morgan fingerprint density at radius 1 is 0.553 bits per heavy atom. The van der Waals surface area contributed by atoms with Crippen molar-refractivity contribution < 1.29 is 0 Å². The first-order valence-corrected chi connectivity index (χ1v) is 16.2. The maximum atomic E-state index is 6.03. The Labute approximate surface area is 275 Å². The van der Waals surface area contributed by atoms with E-state index in [0.717, 1.165) is 48.2 Å². The molecule has 2 atom stereocenters. The van der Waals surface area contributed by atoms with Crippen molar-refractivity contribution in [1.29, 1.82) is 0 Å². The molecule has 4 aromatic carbocycles. The van der Waals surface area contributed by atoms with Gasteiger partial charge in [-0.25, -0.2) is 19.3 Å². The number of nitrogen functional groups attached to an aromatic ring is 2. The lowest BCUT2D eigenvalue weighted by atomic mass is 9.84. The van der Waals surface area contributed by atoms with Gasteiger partial charge in [0.05, 0.1) is 23.8 Å². The number of nitrogens with zero attached hydrogens (tertiary/aromatic N) is 6. The van der Waals surface area contributed by atoms with E-state index in [4.69, 9.17) is 11.5 Å². The molecule has 2 unspecified atom stereocenters. The predicted octanol–water partition coefficient (Wildman–Crippen LogP) is 7.78. The number of rotatable bonds is 6. The van der Waals surface area contributed by atoms with Gasteiger partial charge in [0, 0.05) is 35.4 Å². The van der Waals surface area contributed by atoms with Crippen LogP contribution < -0.4 is 11.5 Å². The summed E-state index contributed by atoms with van der Waals surface area (Å²) in [6.07, 6.45) is 13.4. The molecule has 0 bridgehead atoms. The predicted molar refractivity (Wildman–Crippen MR) is 192 cm³/mol. The van der Waals surface area contributed by atoms with Crippen LogP contribution in [0.3, 0.4) is 0 Å². The average Bonchev–Trinajstić information content (AvgIpc) is 3.83. The Bertz CT molecular complexity index is 2010. The number of benzene rings is 4. The van der Waals surface area contributed by atoms with Crippen molar-refractivity contribution in [3.05, 3.63) is 144 Å². The van der Waals surface area contributed by atoms with Crippen LogP contribution in [-0.4, -0.2) is 31.7 Å². The summed E-state index contributed by atoms with van der Waals surface area (Å²) in [5.74, 6) is 1.52. The van der Waals surface area contributed by atoms with Crippen LogP contribution in [0.2, 0.25) is 0 Å². The minimum absolute atomic E-state index is 0.344. The molecule has 0 amide bonds. The third kappa shape index (κ3) is 6.77. The zero-order valence-electron chi connectivity index (χ0n) is 26.2. The second-order valence-electron chi connectivity index (χ2n) is 12.0. The molecule has 0 radical (unpaired) electrons. The molecule has 0 aliphatic heterocycles. The van der Waals surface area contributed by atoms with Crippen LogP contribution in [0, 0.1) is 0 Å². The van der Waals surface area contributed by atoms with E-state index in [-0.39, 0.29) is 0 Å². The Morgan fingerprint density at radius 2 is 1.00 bits per heavy atom. The minimum Gasteiger partial charge on any atom is -0.368 e. The quantitative estimate of drug-likeness (QED) is 0.186. The van der Waals surface area contributed by atoms with E-state index >= 15 is 0 Å². The van der Waals surface area contributed by atoms with E-state index in [2.05, 4.69) is 68.7 Å². The molecule has 47 heavy (non-hydrogen) atoms. The van der Waals surface area contributed by atoms with Crippen molar-refractivity contribution in [3.8, 4) is 22.5 Å². The molecule has 2 aliphatic carbocycles. The summed E-state index contributed by atoms with van der Waals surface area (Å²) in [5, 5.41) is 9.12. The molecular weight excluding hydrogens is 580 g/mol. The third-order valence-electron chi connectivity index (χ3n) is 8.90. The molecule has 0 saturated heterocycles. The van der Waals surface area contributed by atoms with Crippen molar-refractivity contribution >= 4 is 24.3 Å². The van der Waals surface area contributed by atoms with Crippen LogP contribution in [0.5, 0.6) is 0 Å². The zero-order valence-corrected chi connectivity index (χ0v) is 26.2. The van der Waals surface area contributed by atoms with Gasteiger partial charge in [0.25, 0.3) is 0 Å². The summed E-state index contributed by atoms with van der Waals surface area (Å²) in [6.45, 7) is 0. The van der Waals surface area contributed by atoms with Gasteiger partial charge in [-0.3, -0.25) is 0 Å². The fourth-order valence-electron chi connectivity index (χ4n) is 6.45. The smallest absolute Gasteiger partial charge is 0.221 e. The lowest BCUT2D eigenvalue weighted by Crippen LogP contribution is -2.11. The van der Waals surface area contributed by atoms with Gasteiger partial charge in [-0.1, -0.05) is 109 Å². The van der Waals surface area contributed by atoms with Crippen LogP contribution >= 0.6 is 0 Å². The molecule has 8 nitrogen and oxygen atoms in total. The van der Waals surface area contributed by atoms with E-state index in [1.165, 1.54) is 28.7 Å². The van der Waals surface area contributed by atoms with Gasteiger partial charge in [0.1, 0.15) is 0 Å². The van der Waals surface area contributed by atoms with Crippen molar-refractivity contribution in [2.75, 3.05) is 11.5 Å². The fourth-order valence-corrected chi connectivity index (χ4v) is 6.45. The normalized spacial score (nSPS) is 16.9. The Hall–Kier alpha value is -5.76. The summed E-state index contributed by atoms with van der Waals surface area (Å²) in [6, 6.07) is 37.2. The van der Waals surface area contributed by atoms with E-state index in [1.54, 1.807) is 9.35 Å². The molecular formula is C39H38N8. The maximum absolute atomic E-state index is 6.03. The minimum atomic E-state index is 0.344. The van der Waals surface area contributed by atoms with Crippen LogP contribution in [0.1, 0.15) is 53.4 Å². The lowest BCUT2D eigenvalue weighted by Gasteiger charge is -2.22. The Morgan fingerprint density at radius 3 is 1.53 bits per heavy atom. The first-order chi connectivity index (χ1) is 23.1. The summed E-state index contributed by atoms with van der Waals surface area (Å²) < 4.78 is 3.32. The third-order valence-corrected chi connectivity index (χ3v) is 8.90. The fraction of sp³-hybridized carbons (Fsp3) is 0.179. The summed E-state index contributed by atoms with van der Waals surface area (Å²) in [5.41, 5.74) is 21.4. The average molecular weight is 619 g/mol. The standard InChI is InChI=1S/C20H20N4.C19H18N4/c21-20-23-19(16-8-2-1-3-9-16)14-24(20)22-13-17-11-6-10-15-7-4-5-12-18(15)17;20-19-22-18(15-7-2-1-3-8-15)13-23(19)21-12-16-11-10-14-6-4-5-9-17(14)16/h1-5,7-9,12-14,17H,6,10-11H2,(H2,21,23);1-9,12-13,16H,10-11H2,(H2,20,22)/b22-13+;21-12+. The lowest BCUT2D eigenvalue weighted by molar-refractivity contribution is 0.652. The molecule has 8 heteroatoms. The van der Waals surface area contributed by atoms with E-state index in [9.17, 15) is 0 Å². The molecule has 4 N–H and O–H groups in total. The van der Waals surface area contributed by atoms with E-state index < -0.39 is 0 Å². The highest BCUT2D eigenvalue weighted by atomic mass is 15.4. The highest BCUT2D eigenvalue weighted by Gasteiger charge is 2.20. The van der Waals surface area contributed by atoms with Gasteiger partial charge in [-0.15, -0.1) is 0 Å². The van der Waals surface area contributed by atoms with Crippen molar-refractivity contribution in [3.63, 3.8) is 0 Å². The summed E-state index contributed by atoms with van der Waals surface area (Å²) in [7, 11) is 0. The van der Waals surface area contributed by atoms with Gasteiger partial charge >= 0.3 is 0 Å². The molecule has 234 valence electrons. The van der Waals surface area contributed by atoms with Crippen molar-refractivity contribution in [2.24, 2.45) is 10.2 Å². The van der Waals surface area contributed by atoms with Crippen LogP contribution in [0.15, 0.2) is 132 Å².